The predicted octanol–water partition coefficient (Wildman–Crippen LogP) is 2.02. The van der Waals surface area contributed by atoms with Gasteiger partial charge in [-0.25, -0.2) is 13.6 Å². The summed E-state index contributed by atoms with van der Waals surface area (Å²) in [5.41, 5.74) is 0.628. The molecule has 0 spiro atoms. The third kappa shape index (κ3) is 4.52. The van der Waals surface area contributed by atoms with Crippen molar-refractivity contribution < 1.29 is 31.1 Å². The molecule has 0 aliphatic carbocycles. The molecule has 0 aliphatic heterocycles. The number of sulfonamides is 1. The third-order valence-electron chi connectivity index (χ3n) is 3.04. The van der Waals surface area contributed by atoms with Gasteiger partial charge in [-0.2, -0.15) is 8.78 Å². The molecule has 0 fully saturated rings. The molecule has 1 atom stereocenters. The standard InChI is InChI=1S/C14H14F2N2O5S/c1-8(9-2-4-10(5-3-9)22-14(15)16)18-13(19)11-6-7-12(23-11)24(17,20)21/h2-8,14H,1H3,(H,18,19)(H2,17,20,21). The summed E-state index contributed by atoms with van der Waals surface area (Å²) in [6.45, 7) is -1.26. The van der Waals surface area contributed by atoms with Gasteiger partial charge in [-0.3, -0.25) is 4.79 Å². The van der Waals surface area contributed by atoms with Crippen LogP contribution < -0.4 is 15.2 Å². The van der Waals surface area contributed by atoms with Crippen molar-refractivity contribution in [2.45, 2.75) is 24.7 Å². The van der Waals surface area contributed by atoms with Gasteiger partial charge in [-0.1, -0.05) is 12.1 Å². The zero-order valence-corrected chi connectivity index (χ0v) is 13.2. The Balaban J connectivity index is 2.04. The Labute approximate surface area is 136 Å². The normalized spacial score (nSPS) is 12.9. The summed E-state index contributed by atoms with van der Waals surface area (Å²) in [6, 6.07) is 7.49. The minimum Gasteiger partial charge on any atom is -0.438 e. The lowest BCUT2D eigenvalue weighted by Crippen LogP contribution is -2.26. The highest BCUT2D eigenvalue weighted by molar-refractivity contribution is 7.89. The van der Waals surface area contributed by atoms with Crippen LogP contribution in [0, 0.1) is 0 Å². The molecule has 130 valence electrons. The second-order valence-corrected chi connectivity index (χ2v) is 6.30. The van der Waals surface area contributed by atoms with Gasteiger partial charge in [0.2, 0.25) is 5.09 Å². The number of hydrogen-bond donors (Lipinski definition) is 2. The SMILES string of the molecule is CC(NC(=O)c1ccc(S(N)(=O)=O)o1)c1ccc(OC(F)F)cc1. The summed E-state index contributed by atoms with van der Waals surface area (Å²) in [6.07, 6.45) is 0. The van der Waals surface area contributed by atoms with Gasteiger partial charge in [0.15, 0.2) is 5.76 Å². The van der Waals surface area contributed by atoms with Gasteiger partial charge < -0.3 is 14.5 Å². The number of carbonyl (C=O) groups excluding carboxylic acids is 1. The van der Waals surface area contributed by atoms with Gasteiger partial charge >= 0.3 is 6.61 Å². The molecule has 0 bridgehead atoms. The predicted molar refractivity (Wildman–Crippen MR) is 79.0 cm³/mol. The van der Waals surface area contributed by atoms with E-state index in [1.54, 1.807) is 6.92 Å². The fraction of sp³-hybridized carbons (Fsp3) is 0.214. The molecule has 1 amide bonds. The van der Waals surface area contributed by atoms with Gasteiger partial charge in [-0.05, 0) is 36.8 Å². The van der Waals surface area contributed by atoms with Gasteiger partial charge in [-0.15, -0.1) is 0 Å². The number of amides is 1. The Morgan fingerprint density at radius 3 is 2.33 bits per heavy atom. The van der Waals surface area contributed by atoms with E-state index in [0.717, 1.165) is 6.07 Å². The second kappa shape index (κ2) is 6.97. The fourth-order valence-corrected chi connectivity index (χ4v) is 2.35. The van der Waals surface area contributed by atoms with Crippen molar-refractivity contribution in [3.05, 3.63) is 47.7 Å². The minimum atomic E-state index is -4.03. The average molecular weight is 360 g/mol. The van der Waals surface area contributed by atoms with Crippen LogP contribution in [0.3, 0.4) is 0 Å². The molecule has 24 heavy (non-hydrogen) atoms. The minimum absolute atomic E-state index is 0.00361. The number of primary sulfonamides is 1. The molecule has 10 heteroatoms. The maximum Gasteiger partial charge on any atom is 0.387 e. The average Bonchev–Trinajstić information content (AvgIpc) is 2.97. The Morgan fingerprint density at radius 1 is 1.21 bits per heavy atom. The summed E-state index contributed by atoms with van der Waals surface area (Å²) in [4.78, 5) is 12.0. The lowest BCUT2D eigenvalue weighted by molar-refractivity contribution is -0.0498. The summed E-state index contributed by atoms with van der Waals surface area (Å²) in [5, 5.41) is 6.95. The monoisotopic (exact) mass is 360 g/mol. The molecular formula is C14H14F2N2O5S. The van der Waals surface area contributed by atoms with E-state index in [-0.39, 0.29) is 11.5 Å². The van der Waals surface area contributed by atoms with Crippen molar-refractivity contribution in [3.8, 4) is 5.75 Å². The highest BCUT2D eigenvalue weighted by atomic mass is 32.2. The van der Waals surface area contributed by atoms with Crippen molar-refractivity contribution in [2.75, 3.05) is 0 Å². The number of ether oxygens (including phenoxy) is 1. The summed E-state index contributed by atoms with van der Waals surface area (Å²) in [7, 11) is -4.03. The molecule has 2 aromatic rings. The summed E-state index contributed by atoms with van der Waals surface area (Å²) in [5.74, 6) is -0.870. The Bertz CT molecular complexity index is 818. The number of hydrogen-bond acceptors (Lipinski definition) is 5. The van der Waals surface area contributed by atoms with Crippen molar-refractivity contribution >= 4 is 15.9 Å². The first kappa shape index (κ1) is 17.9. The summed E-state index contributed by atoms with van der Waals surface area (Å²) < 4.78 is 55.5. The molecule has 1 heterocycles. The zero-order valence-electron chi connectivity index (χ0n) is 12.4. The molecule has 0 radical (unpaired) electrons. The van der Waals surface area contributed by atoms with Crippen LogP contribution in [-0.4, -0.2) is 20.9 Å². The first-order valence-electron chi connectivity index (χ1n) is 6.65. The van der Waals surface area contributed by atoms with Crippen molar-refractivity contribution in [1.29, 1.82) is 0 Å². The maximum absolute atomic E-state index is 12.1. The van der Waals surface area contributed by atoms with Crippen LogP contribution in [0.1, 0.15) is 29.1 Å². The maximum atomic E-state index is 12.1. The van der Waals surface area contributed by atoms with Crippen LogP contribution in [0.4, 0.5) is 8.78 Å². The highest BCUT2D eigenvalue weighted by Gasteiger charge is 2.19. The van der Waals surface area contributed by atoms with Crippen LogP contribution in [0.2, 0.25) is 0 Å². The van der Waals surface area contributed by atoms with E-state index in [4.69, 9.17) is 9.56 Å². The number of halogens is 2. The quantitative estimate of drug-likeness (QED) is 0.818. The number of rotatable bonds is 6. The van der Waals surface area contributed by atoms with Crippen LogP contribution in [-0.2, 0) is 10.0 Å². The van der Waals surface area contributed by atoms with Crippen LogP contribution >= 0.6 is 0 Å². The van der Waals surface area contributed by atoms with Gasteiger partial charge in [0.25, 0.3) is 15.9 Å². The van der Waals surface area contributed by atoms with Crippen LogP contribution in [0.15, 0.2) is 45.9 Å². The van der Waals surface area contributed by atoms with Crippen LogP contribution in [0.5, 0.6) is 5.75 Å². The number of carbonyl (C=O) groups is 1. The molecule has 0 aliphatic rings. The highest BCUT2D eigenvalue weighted by Crippen LogP contribution is 2.20. The van der Waals surface area contributed by atoms with E-state index in [1.807, 2.05) is 0 Å². The Kier molecular flexibility index (Phi) is 5.20. The van der Waals surface area contributed by atoms with E-state index >= 15 is 0 Å². The van der Waals surface area contributed by atoms with E-state index < -0.39 is 33.7 Å². The molecule has 0 saturated heterocycles. The molecule has 3 N–H and O–H groups in total. The molecule has 2 rings (SSSR count). The summed E-state index contributed by atoms with van der Waals surface area (Å²) >= 11 is 0. The smallest absolute Gasteiger partial charge is 0.387 e. The molecule has 0 saturated carbocycles. The third-order valence-corrected chi connectivity index (χ3v) is 3.82. The van der Waals surface area contributed by atoms with Gasteiger partial charge in [0.05, 0.1) is 6.04 Å². The zero-order chi connectivity index (χ0) is 17.9. The van der Waals surface area contributed by atoms with E-state index in [1.165, 1.54) is 30.3 Å². The fourth-order valence-electron chi connectivity index (χ4n) is 1.88. The number of nitrogens with one attached hydrogen (secondary N) is 1. The van der Waals surface area contributed by atoms with E-state index in [9.17, 15) is 22.0 Å². The Hall–Kier alpha value is -2.46. The van der Waals surface area contributed by atoms with Crippen molar-refractivity contribution in [1.82, 2.24) is 5.32 Å². The molecule has 1 aromatic heterocycles. The largest absolute Gasteiger partial charge is 0.438 e. The first-order chi connectivity index (χ1) is 11.2. The molecular weight excluding hydrogens is 346 g/mol. The van der Waals surface area contributed by atoms with Gasteiger partial charge in [0, 0.05) is 0 Å². The molecule has 7 nitrogen and oxygen atoms in total. The van der Waals surface area contributed by atoms with Crippen molar-refractivity contribution in [2.24, 2.45) is 5.14 Å². The van der Waals surface area contributed by atoms with Crippen molar-refractivity contribution in [3.63, 3.8) is 0 Å². The first-order valence-corrected chi connectivity index (χ1v) is 8.19. The number of furan rings is 1. The topological polar surface area (TPSA) is 112 Å². The molecule has 1 unspecified atom stereocenters. The Morgan fingerprint density at radius 2 is 1.83 bits per heavy atom. The second-order valence-electron chi connectivity index (χ2n) is 4.81. The van der Waals surface area contributed by atoms with E-state index in [0.29, 0.717) is 5.56 Å². The van der Waals surface area contributed by atoms with Crippen LogP contribution in [0.25, 0.3) is 0 Å². The molecule has 1 aromatic carbocycles. The lowest BCUT2D eigenvalue weighted by Gasteiger charge is -2.14. The number of alkyl halides is 2. The van der Waals surface area contributed by atoms with E-state index in [2.05, 4.69) is 10.1 Å². The van der Waals surface area contributed by atoms with Gasteiger partial charge in [0.1, 0.15) is 5.75 Å². The lowest BCUT2D eigenvalue weighted by atomic mass is 10.1. The number of benzene rings is 1. The number of nitrogens with two attached hydrogens (primary N) is 1.